The van der Waals surface area contributed by atoms with Crippen LogP contribution in [0.2, 0.25) is 0 Å². The number of aliphatic imine (C=N–C) groups is 1. The van der Waals surface area contributed by atoms with E-state index in [1.807, 2.05) is 13.8 Å². The molecule has 0 saturated carbocycles. The Balaban J connectivity index is 3.03. The molecule has 5 nitrogen and oxygen atoms in total. The van der Waals surface area contributed by atoms with Gasteiger partial charge in [-0.25, -0.2) is 15.1 Å². The average Bonchev–Trinajstić information content (AvgIpc) is 2.01. The fraction of sp³-hybridized carbons (Fsp3) is 0.571. The maximum atomic E-state index is 10.7. The number of hydrogen-bond acceptors (Lipinski definition) is 3. The van der Waals surface area contributed by atoms with Gasteiger partial charge in [-0.15, -0.1) is 0 Å². The van der Waals surface area contributed by atoms with E-state index in [-0.39, 0.29) is 16.2 Å². The van der Waals surface area contributed by atoms with Crippen LogP contribution >= 0.6 is 23.2 Å². The van der Waals surface area contributed by atoms with Crippen molar-refractivity contribution in [2.75, 3.05) is 0 Å². The summed E-state index contributed by atoms with van der Waals surface area (Å²) >= 11 is 11.4. The maximum Gasteiger partial charge on any atom is 0.189 e. The first-order valence-corrected chi connectivity index (χ1v) is 4.73. The first-order chi connectivity index (χ1) is 6.43. The fourth-order valence-corrected chi connectivity index (χ4v) is 1.64. The molecule has 0 amide bonds. The summed E-state index contributed by atoms with van der Waals surface area (Å²) < 4.78 is 0. The SMILES string of the molecule is CC(C)C1N=C(Cl)C=C(Cl)N1[N+](=O)[O-]. The van der Waals surface area contributed by atoms with Gasteiger partial charge in [0.25, 0.3) is 0 Å². The van der Waals surface area contributed by atoms with Crippen molar-refractivity contribution in [1.82, 2.24) is 5.01 Å². The molecule has 78 valence electrons. The monoisotopic (exact) mass is 237 g/mol. The molecule has 1 heterocycles. The Morgan fingerprint density at radius 1 is 1.64 bits per heavy atom. The summed E-state index contributed by atoms with van der Waals surface area (Å²) in [5.74, 6) is -0.0448. The third kappa shape index (κ3) is 2.16. The molecule has 1 unspecified atom stereocenters. The van der Waals surface area contributed by atoms with E-state index < -0.39 is 11.2 Å². The lowest BCUT2D eigenvalue weighted by Gasteiger charge is -2.25. The lowest BCUT2D eigenvalue weighted by Crippen LogP contribution is -2.42. The molecule has 1 aliphatic rings. The van der Waals surface area contributed by atoms with E-state index in [2.05, 4.69) is 4.99 Å². The van der Waals surface area contributed by atoms with Crippen molar-refractivity contribution in [3.63, 3.8) is 0 Å². The van der Waals surface area contributed by atoms with E-state index >= 15 is 0 Å². The lowest BCUT2D eigenvalue weighted by atomic mass is 10.1. The van der Waals surface area contributed by atoms with Crippen LogP contribution < -0.4 is 0 Å². The molecule has 0 spiro atoms. The summed E-state index contributed by atoms with van der Waals surface area (Å²) in [4.78, 5) is 14.6. The minimum Gasteiger partial charge on any atom is -0.241 e. The Hall–Kier alpha value is -0.810. The second kappa shape index (κ2) is 4.14. The summed E-state index contributed by atoms with van der Waals surface area (Å²) in [6.45, 7) is 3.62. The predicted molar refractivity (Wildman–Crippen MR) is 54.7 cm³/mol. The third-order valence-corrected chi connectivity index (χ3v) is 2.22. The summed E-state index contributed by atoms with van der Waals surface area (Å²) in [5, 5.41) is 11.1. The Morgan fingerprint density at radius 2 is 2.21 bits per heavy atom. The number of allylic oxidation sites excluding steroid dienone is 1. The molecule has 14 heavy (non-hydrogen) atoms. The smallest absolute Gasteiger partial charge is 0.189 e. The van der Waals surface area contributed by atoms with Crippen LogP contribution in [0.5, 0.6) is 0 Å². The molecule has 1 atom stereocenters. The minimum absolute atomic E-state index is 0.0197. The van der Waals surface area contributed by atoms with Gasteiger partial charge < -0.3 is 0 Å². The van der Waals surface area contributed by atoms with Crippen molar-refractivity contribution >= 4 is 28.4 Å². The number of hydrogen-bond donors (Lipinski definition) is 0. The molecule has 0 aromatic carbocycles. The summed E-state index contributed by atoms with van der Waals surface area (Å²) in [5.41, 5.74) is 0. The van der Waals surface area contributed by atoms with Crippen molar-refractivity contribution in [3.8, 4) is 0 Å². The summed E-state index contributed by atoms with van der Waals surface area (Å²) in [7, 11) is 0. The summed E-state index contributed by atoms with van der Waals surface area (Å²) in [6.07, 6.45) is 0.611. The largest absolute Gasteiger partial charge is 0.241 e. The Bertz CT molecular complexity index is 314. The lowest BCUT2D eigenvalue weighted by molar-refractivity contribution is -0.652. The molecule has 7 heteroatoms. The molecule has 0 saturated heterocycles. The van der Waals surface area contributed by atoms with E-state index in [1.165, 1.54) is 6.08 Å². The molecule has 0 radical (unpaired) electrons. The number of halogens is 2. The van der Waals surface area contributed by atoms with Crippen molar-refractivity contribution < 1.29 is 5.03 Å². The van der Waals surface area contributed by atoms with Gasteiger partial charge >= 0.3 is 0 Å². The Labute approximate surface area is 91.1 Å². The molecule has 0 bridgehead atoms. The van der Waals surface area contributed by atoms with Crippen LogP contribution in [0.1, 0.15) is 13.8 Å². The first kappa shape index (κ1) is 11.3. The number of nitro groups is 1. The molecule has 0 aromatic rings. The topological polar surface area (TPSA) is 58.7 Å². The van der Waals surface area contributed by atoms with Crippen molar-refractivity contribution in [1.29, 1.82) is 0 Å². The van der Waals surface area contributed by atoms with Crippen LogP contribution in [0, 0.1) is 16.0 Å². The molecule has 1 aliphatic heterocycles. The second-order valence-corrected chi connectivity index (χ2v) is 3.93. The summed E-state index contributed by atoms with van der Waals surface area (Å²) in [6, 6.07) is 0. The minimum atomic E-state index is -0.644. The van der Waals surface area contributed by atoms with Crippen molar-refractivity contribution in [2.24, 2.45) is 10.9 Å². The molecular weight excluding hydrogens is 229 g/mol. The van der Waals surface area contributed by atoms with Crippen LogP contribution in [0.3, 0.4) is 0 Å². The van der Waals surface area contributed by atoms with Crippen LogP contribution in [0.4, 0.5) is 0 Å². The van der Waals surface area contributed by atoms with Gasteiger partial charge in [0, 0.05) is 12.0 Å². The Kier molecular flexibility index (Phi) is 3.34. The number of rotatable bonds is 2. The molecule has 0 fully saturated rings. The van der Waals surface area contributed by atoms with Gasteiger partial charge in [-0.1, -0.05) is 42.1 Å². The highest BCUT2D eigenvalue weighted by Gasteiger charge is 2.34. The normalized spacial score (nSPS) is 22.1. The van der Waals surface area contributed by atoms with E-state index in [0.29, 0.717) is 0 Å². The zero-order valence-electron chi connectivity index (χ0n) is 7.65. The highest BCUT2D eigenvalue weighted by molar-refractivity contribution is 6.69. The molecule has 0 N–H and O–H groups in total. The number of hydrazine groups is 1. The van der Waals surface area contributed by atoms with Gasteiger partial charge in [0.15, 0.2) is 16.4 Å². The van der Waals surface area contributed by atoms with Crippen LogP contribution in [-0.4, -0.2) is 21.4 Å². The fourth-order valence-electron chi connectivity index (χ4n) is 1.12. The van der Waals surface area contributed by atoms with Gasteiger partial charge in [-0.3, -0.25) is 0 Å². The average molecular weight is 238 g/mol. The van der Waals surface area contributed by atoms with E-state index in [4.69, 9.17) is 23.2 Å². The molecule has 1 rings (SSSR count). The van der Waals surface area contributed by atoms with Crippen molar-refractivity contribution in [3.05, 3.63) is 21.3 Å². The quantitative estimate of drug-likeness (QED) is 0.421. The molecule has 0 aromatic heterocycles. The zero-order valence-corrected chi connectivity index (χ0v) is 9.16. The zero-order chi connectivity index (χ0) is 10.9. The van der Waals surface area contributed by atoms with E-state index in [1.54, 1.807) is 0 Å². The number of nitrogens with zero attached hydrogens (tertiary/aromatic N) is 3. The Morgan fingerprint density at radius 3 is 2.64 bits per heavy atom. The van der Waals surface area contributed by atoms with E-state index in [9.17, 15) is 10.1 Å². The van der Waals surface area contributed by atoms with Crippen LogP contribution in [0.15, 0.2) is 16.2 Å². The van der Waals surface area contributed by atoms with Gasteiger partial charge in [0.2, 0.25) is 0 Å². The molecule has 0 aliphatic carbocycles. The van der Waals surface area contributed by atoms with Gasteiger partial charge in [0.1, 0.15) is 5.17 Å². The highest BCUT2D eigenvalue weighted by atomic mass is 35.5. The first-order valence-electron chi connectivity index (χ1n) is 3.97. The van der Waals surface area contributed by atoms with Crippen molar-refractivity contribution in [2.45, 2.75) is 20.0 Å². The predicted octanol–water partition coefficient (Wildman–Crippen LogP) is 2.19. The standard InChI is InChI=1S/C7H9Cl2N3O2/c1-4(2)7-10-5(8)3-6(9)11(7)12(13)14/h3-4,7H,1-2H3. The van der Waals surface area contributed by atoms with Gasteiger partial charge in [0.05, 0.1) is 0 Å². The van der Waals surface area contributed by atoms with Crippen LogP contribution in [-0.2, 0) is 0 Å². The third-order valence-electron chi connectivity index (χ3n) is 1.74. The second-order valence-electron chi connectivity index (χ2n) is 3.16. The van der Waals surface area contributed by atoms with Gasteiger partial charge in [-0.05, 0) is 0 Å². The van der Waals surface area contributed by atoms with E-state index in [0.717, 1.165) is 5.01 Å². The molecular formula is C7H9Cl2N3O2. The van der Waals surface area contributed by atoms with Gasteiger partial charge in [-0.2, -0.15) is 0 Å². The highest BCUT2D eigenvalue weighted by Crippen LogP contribution is 2.25. The maximum absolute atomic E-state index is 10.7. The van der Waals surface area contributed by atoms with Crippen LogP contribution in [0.25, 0.3) is 0 Å².